The molecule has 1 aromatic rings. The molecule has 0 spiro atoms. The van der Waals surface area contributed by atoms with Crippen LogP contribution < -0.4 is 21.4 Å². The van der Waals surface area contributed by atoms with Crippen LogP contribution in [0.5, 0.6) is 5.75 Å². The van der Waals surface area contributed by atoms with Crippen LogP contribution in [0.2, 0.25) is 0 Å². The Morgan fingerprint density at radius 2 is 2.55 bits per heavy atom. The van der Waals surface area contributed by atoms with Crippen molar-refractivity contribution < 1.29 is 4.84 Å². The number of nitrogens with one attached hydrogen (secondary N) is 3. The SMILES string of the molecule is c1cc2c(nn1)CNNNO2. The summed E-state index contributed by atoms with van der Waals surface area (Å²) in [5.41, 5.74) is 8.66. The van der Waals surface area contributed by atoms with Crippen LogP contribution in [0, 0.1) is 0 Å². The molecule has 0 saturated carbocycles. The summed E-state index contributed by atoms with van der Waals surface area (Å²) < 4.78 is 0. The maximum atomic E-state index is 5.02. The molecule has 0 atom stereocenters. The van der Waals surface area contributed by atoms with Crippen LogP contribution in [0.3, 0.4) is 0 Å². The first-order chi connectivity index (χ1) is 5.47. The smallest absolute Gasteiger partial charge is 0.175 e. The Kier molecular flexibility index (Phi) is 1.64. The largest absolute Gasteiger partial charge is 0.391 e. The van der Waals surface area contributed by atoms with Gasteiger partial charge in [-0.15, -0.1) is 0 Å². The van der Waals surface area contributed by atoms with Gasteiger partial charge in [0.25, 0.3) is 0 Å². The molecule has 0 radical (unpaired) electrons. The van der Waals surface area contributed by atoms with Gasteiger partial charge in [0.1, 0.15) is 5.69 Å². The summed E-state index contributed by atoms with van der Waals surface area (Å²) >= 11 is 0. The van der Waals surface area contributed by atoms with Crippen LogP contribution in [-0.4, -0.2) is 10.2 Å². The molecule has 0 aliphatic carbocycles. The zero-order chi connectivity index (χ0) is 7.52. The molecule has 0 unspecified atom stereocenters. The van der Waals surface area contributed by atoms with Gasteiger partial charge in [0.15, 0.2) is 5.75 Å². The van der Waals surface area contributed by atoms with Crippen LogP contribution in [0.4, 0.5) is 0 Å². The number of hydrogen-bond acceptors (Lipinski definition) is 6. The van der Waals surface area contributed by atoms with Crippen molar-refractivity contribution in [3.8, 4) is 5.75 Å². The van der Waals surface area contributed by atoms with E-state index in [9.17, 15) is 0 Å². The Balaban J connectivity index is 2.33. The highest BCUT2D eigenvalue weighted by Crippen LogP contribution is 2.12. The Morgan fingerprint density at radius 1 is 1.55 bits per heavy atom. The molecular formula is C5H7N5O. The number of rotatable bonds is 0. The molecule has 0 saturated heterocycles. The lowest BCUT2D eigenvalue weighted by Crippen LogP contribution is -2.42. The quantitative estimate of drug-likeness (QED) is 0.438. The van der Waals surface area contributed by atoms with E-state index in [0.29, 0.717) is 12.3 Å². The first-order valence-electron chi connectivity index (χ1n) is 3.17. The van der Waals surface area contributed by atoms with Crippen LogP contribution in [0.25, 0.3) is 0 Å². The Labute approximate surface area is 62.9 Å². The lowest BCUT2D eigenvalue weighted by Gasteiger charge is -2.01. The standard InChI is InChI=1S/C5H7N5O/c1-2-6-8-4-3-7-9-10-11-5(1)4/h1-2,7,9-10H,3H2. The van der Waals surface area contributed by atoms with Crippen molar-refractivity contribution in [2.24, 2.45) is 0 Å². The second-order valence-corrected chi connectivity index (χ2v) is 2.02. The zero-order valence-corrected chi connectivity index (χ0v) is 5.66. The minimum absolute atomic E-state index is 0.580. The molecule has 0 aromatic carbocycles. The van der Waals surface area contributed by atoms with Crippen molar-refractivity contribution in [3.05, 3.63) is 18.0 Å². The van der Waals surface area contributed by atoms with E-state index in [1.165, 1.54) is 0 Å². The normalized spacial score (nSPS) is 16.4. The maximum Gasteiger partial charge on any atom is 0.175 e. The van der Waals surface area contributed by atoms with Crippen LogP contribution in [0.1, 0.15) is 5.69 Å². The molecule has 2 heterocycles. The second-order valence-electron chi connectivity index (χ2n) is 2.02. The van der Waals surface area contributed by atoms with E-state index in [2.05, 4.69) is 26.7 Å². The zero-order valence-electron chi connectivity index (χ0n) is 5.66. The highest BCUT2D eigenvalue weighted by atomic mass is 16.7. The maximum absolute atomic E-state index is 5.02. The fourth-order valence-corrected chi connectivity index (χ4v) is 0.809. The highest BCUT2D eigenvalue weighted by molar-refractivity contribution is 5.24. The molecular weight excluding hydrogens is 146 g/mol. The second kappa shape index (κ2) is 2.79. The van der Waals surface area contributed by atoms with Crippen molar-refractivity contribution in [2.45, 2.75) is 6.54 Å². The number of hydrogen-bond donors (Lipinski definition) is 3. The first kappa shape index (κ1) is 6.47. The van der Waals surface area contributed by atoms with Gasteiger partial charge in [0.2, 0.25) is 0 Å². The summed E-state index contributed by atoms with van der Waals surface area (Å²) in [6.45, 7) is 0.580. The molecule has 2 rings (SSSR count). The van der Waals surface area contributed by atoms with E-state index in [-0.39, 0.29) is 0 Å². The third-order valence-electron chi connectivity index (χ3n) is 1.31. The number of hydrazine groups is 2. The van der Waals surface area contributed by atoms with Crippen LogP contribution >= 0.6 is 0 Å². The summed E-state index contributed by atoms with van der Waals surface area (Å²) in [7, 11) is 0. The fraction of sp³-hybridized carbons (Fsp3) is 0.200. The fourth-order valence-electron chi connectivity index (χ4n) is 0.809. The summed E-state index contributed by atoms with van der Waals surface area (Å²) in [6, 6.07) is 1.74. The predicted octanol–water partition coefficient (Wildman–Crippen LogP) is -1.12. The Morgan fingerprint density at radius 3 is 3.55 bits per heavy atom. The molecule has 0 fully saturated rings. The van der Waals surface area contributed by atoms with Crippen LogP contribution in [-0.2, 0) is 6.54 Å². The van der Waals surface area contributed by atoms with Gasteiger partial charge in [-0.1, -0.05) is 5.59 Å². The molecule has 3 N–H and O–H groups in total. The van der Waals surface area contributed by atoms with Gasteiger partial charge in [0.05, 0.1) is 12.7 Å². The molecule has 1 aliphatic heterocycles. The lowest BCUT2D eigenvalue weighted by molar-refractivity contribution is 0.139. The molecule has 1 aliphatic rings. The van der Waals surface area contributed by atoms with Gasteiger partial charge in [-0.25, -0.2) is 5.43 Å². The van der Waals surface area contributed by atoms with E-state index in [4.69, 9.17) is 4.84 Å². The minimum atomic E-state index is 0.580. The molecule has 6 nitrogen and oxygen atoms in total. The van der Waals surface area contributed by atoms with Crippen molar-refractivity contribution in [1.82, 2.24) is 26.7 Å². The lowest BCUT2D eigenvalue weighted by atomic mass is 10.3. The topological polar surface area (TPSA) is 71.1 Å². The average molecular weight is 153 g/mol. The summed E-state index contributed by atoms with van der Waals surface area (Å²) in [5.74, 6) is 0.678. The predicted molar refractivity (Wildman–Crippen MR) is 35.8 cm³/mol. The molecule has 6 heteroatoms. The van der Waals surface area contributed by atoms with Gasteiger partial charge < -0.3 is 4.84 Å². The van der Waals surface area contributed by atoms with Gasteiger partial charge in [0, 0.05) is 6.07 Å². The van der Waals surface area contributed by atoms with Crippen molar-refractivity contribution >= 4 is 0 Å². The Bertz CT molecular complexity index is 227. The van der Waals surface area contributed by atoms with E-state index in [0.717, 1.165) is 5.69 Å². The van der Waals surface area contributed by atoms with Crippen molar-refractivity contribution in [3.63, 3.8) is 0 Å². The van der Waals surface area contributed by atoms with Gasteiger partial charge in [-0.3, -0.25) is 0 Å². The Hall–Kier alpha value is -1.24. The molecule has 0 bridgehead atoms. The van der Waals surface area contributed by atoms with Gasteiger partial charge in [-0.05, 0) is 0 Å². The van der Waals surface area contributed by atoms with Crippen molar-refractivity contribution in [1.29, 1.82) is 0 Å². The van der Waals surface area contributed by atoms with Gasteiger partial charge in [-0.2, -0.15) is 15.7 Å². The highest BCUT2D eigenvalue weighted by Gasteiger charge is 2.07. The number of fused-ring (bicyclic) bond motifs is 1. The van der Waals surface area contributed by atoms with Crippen molar-refractivity contribution in [2.75, 3.05) is 0 Å². The average Bonchev–Trinajstić information content (AvgIpc) is 2.28. The third-order valence-corrected chi connectivity index (χ3v) is 1.31. The summed E-state index contributed by atoms with van der Waals surface area (Å²) in [5, 5.41) is 7.58. The van der Waals surface area contributed by atoms with E-state index < -0.39 is 0 Å². The van der Waals surface area contributed by atoms with E-state index in [1.807, 2.05) is 0 Å². The molecule has 0 amide bonds. The molecule has 11 heavy (non-hydrogen) atoms. The summed E-state index contributed by atoms with van der Waals surface area (Å²) in [4.78, 5) is 5.02. The number of nitrogens with zero attached hydrogens (tertiary/aromatic N) is 2. The third kappa shape index (κ3) is 1.27. The monoisotopic (exact) mass is 153 g/mol. The van der Waals surface area contributed by atoms with E-state index >= 15 is 0 Å². The molecule has 1 aromatic heterocycles. The minimum Gasteiger partial charge on any atom is -0.391 e. The van der Waals surface area contributed by atoms with Crippen LogP contribution in [0.15, 0.2) is 12.3 Å². The number of aromatic nitrogens is 2. The summed E-state index contributed by atoms with van der Waals surface area (Å²) in [6.07, 6.45) is 1.58. The van der Waals surface area contributed by atoms with E-state index in [1.54, 1.807) is 12.3 Å². The van der Waals surface area contributed by atoms with Gasteiger partial charge >= 0.3 is 0 Å². The first-order valence-corrected chi connectivity index (χ1v) is 3.17. The molecule has 58 valence electrons.